The summed E-state index contributed by atoms with van der Waals surface area (Å²) in [6.45, 7) is 1.69. The summed E-state index contributed by atoms with van der Waals surface area (Å²) in [6.07, 6.45) is 0.703. The van der Waals surface area contributed by atoms with Gasteiger partial charge in [0.15, 0.2) is 0 Å². The van der Waals surface area contributed by atoms with E-state index in [1.807, 2.05) is 36.4 Å². The van der Waals surface area contributed by atoms with Crippen molar-refractivity contribution in [1.29, 1.82) is 0 Å². The minimum Gasteiger partial charge on any atom is -0.482 e. The first-order chi connectivity index (χ1) is 10.3. The van der Waals surface area contributed by atoms with Crippen LogP contribution in [0.5, 0.6) is 5.75 Å². The van der Waals surface area contributed by atoms with E-state index in [2.05, 4.69) is 17.0 Å². The Kier molecular flexibility index (Phi) is 3.97. The number of hydrogen-bond acceptors (Lipinski definition) is 4. The Labute approximate surface area is 124 Å². The van der Waals surface area contributed by atoms with Crippen LogP contribution in [-0.4, -0.2) is 24.8 Å². The lowest BCUT2D eigenvalue weighted by Crippen LogP contribution is -2.36. The standard InChI is InChI=1S/C17H20N2O2/c18-14-8-4-9-15-17(14)19(10-5-11-20)12-16(21-15)13-6-2-1-3-7-13/h1-4,6-9,16,20H,5,10-12,18H2. The first kappa shape index (κ1) is 13.8. The van der Waals surface area contributed by atoms with Crippen molar-refractivity contribution in [2.45, 2.75) is 12.5 Å². The third-order valence-corrected chi connectivity index (χ3v) is 3.76. The van der Waals surface area contributed by atoms with Crippen molar-refractivity contribution in [2.75, 3.05) is 30.3 Å². The molecule has 0 saturated carbocycles. The summed E-state index contributed by atoms with van der Waals surface area (Å²) in [6, 6.07) is 15.9. The highest BCUT2D eigenvalue weighted by Crippen LogP contribution is 2.41. The average Bonchev–Trinajstić information content (AvgIpc) is 2.53. The number of nitrogen functional groups attached to an aromatic ring is 1. The number of nitrogens with zero attached hydrogens (tertiary/aromatic N) is 1. The number of hydrogen-bond donors (Lipinski definition) is 2. The summed E-state index contributed by atoms with van der Waals surface area (Å²) in [7, 11) is 0. The van der Waals surface area contributed by atoms with Gasteiger partial charge in [-0.1, -0.05) is 36.4 Å². The minimum absolute atomic E-state index is 0.0146. The van der Waals surface area contributed by atoms with Crippen LogP contribution in [0.3, 0.4) is 0 Å². The summed E-state index contributed by atoms with van der Waals surface area (Å²) in [5.74, 6) is 0.813. The highest BCUT2D eigenvalue weighted by atomic mass is 16.5. The number of aliphatic hydroxyl groups is 1. The number of aliphatic hydroxyl groups excluding tert-OH is 1. The van der Waals surface area contributed by atoms with E-state index in [1.165, 1.54) is 0 Å². The van der Waals surface area contributed by atoms with E-state index < -0.39 is 0 Å². The smallest absolute Gasteiger partial charge is 0.145 e. The minimum atomic E-state index is -0.0146. The molecule has 0 amide bonds. The molecule has 1 aliphatic heterocycles. The fraction of sp³-hybridized carbons (Fsp3) is 0.294. The normalized spacial score (nSPS) is 17.2. The van der Waals surface area contributed by atoms with E-state index in [1.54, 1.807) is 0 Å². The Morgan fingerprint density at radius 1 is 1.14 bits per heavy atom. The van der Waals surface area contributed by atoms with Gasteiger partial charge in [-0.3, -0.25) is 0 Å². The van der Waals surface area contributed by atoms with E-state index in [0.29, 0.717) is 0 Å². The highest BCUT2D eigenvalue weighted by Gasteiger charge is 2.27. The van der Waals surface area contributed by atoms with Crippen LogP contribution in [0, 0.1) is 0 Å². The molecule has 0 saturated heterocycles. The number of benzene rings is 2. The molecule has 2 aromatic rings. The third kappa shape index (κ3) is 2.81. The van der Waals surface area contributed by atoms with Gasteiger partial charge >= 0.3 is 0 Å². The maximum absolute atomic E-state index is 9.11. The van der Waals surface area contributed by atoms with Gasteiger partial charge in [0.25, 0.3) is 0 Å². The fourth-order valence-corrected chi connectivity index (χ4v) is 2.76. The monoisotopic (exact) mass is 284 g/mol. The van der Waals surface area contributed by atoms with Gasteiger partial charge in [-0.15, -0.1) is 0 Å². The largest absolute Gasteiger partial charge is 0.482 e. The number of fused-ring (bicyclic) bond motifs is 1. The molecule has 21 heavy (non-hydrogen) atoms. The SMILES string of the molecule is Nc1cccc2c1N(CCCO)CC(c1ccccc1)O2. The molecule has 110 valence electrons. The van der Waals surface area contributed by atoms with Crippen molar-refractivity contribution in [3.8, 4) is 5.75 Å². The van der Waals surface area contributed by atoms with Crippen molar-refractivity contribution in [2.24, 2.45) is 0 Å². The van der Waals surface area contributed by atoms with E-state index in [4.69, 9.17) is 15.6 Å². The molecule has 0 radical (unpaired) electrons. The fourth-order valence-electron chi connectivity index (χ4n) is 2.76. The quantitative estimate of drug-likeness (QED) is 0.847. The number of para-hydroxylation sites is 1. The lowest BCUT2D eigenvalue weighted by atomic mass is 10.1. The van der Waals surface area contributed by atoms with E-state index in [9.17, 15) is 0 Å². The molecule has 1 unspecified atom stereocenters. The van der Waals surface area contributed by atoms with Gasteiger partial charge in [-0.25, -0.2) is 0 Å². The maximum Gasteiger partial charge on any atom is 0.145 e. The van der Waals surface area contributed by atoms with E-state index in [-0.39, 0.29) is 12.7 Å². The molecule has 0 aromatic heterocycles. The Morgan fingerprint density at radius 3 is 2.71 bits per heavy atom. The number of rotatable bonds is 4. The van der Waals surface area contributed by atoms with E-state index >= 15 is 0 Å². The van der Waals surface area contributed by atoms with Gasteiger partial charge in [0.05, 0.1) is 12.2 Å². The Hall–Kier alpha value is -2.20. The summed E-state index contributed by atoms with van der Waals surface area (Å²) >= 11 is 0. The van der Waals surface area contributed by atoms with Crippen LogP contribution in [0.4, 0.5) is 11.4 Å². The number of ether oxygens (including phenoxy) is 1. The van der Waals surface area contributed by atoms with Crippen molar-refractivity contribution in [3.05, 3.63) is 54.1 Å². The average molecular weight is 284 g/mol. The van der Waals surface area contributed by atoms with Crippen molar-refractivity contribution >= 4 is 11.4 Å². The van der Waals surface area contributed by atoms with Gasteiger partial charge in [0.1, 0.15) is 17.5 Å². The molecule has 4 heteroatoms. The Bertz CT molecular complexity index is 601. The molecule has 3 rings (SSSR count). The van der Waals surface area contributed by atoms with Crippen LogP contribution in [-0.2, 0) is 0 Å². The molecular formula is C17H20N2O2. The molecule has 0 bridgehead atoms. The zero-order valence-electron chi connectivity index (χ0n) is 11.9. The van der Waals surface area contributed by atoms with Crippen LogP contribution >= 0.6 is 0 Å². The summed E-state index contributed by atoms with van der Waals surface area (Å²) in [4.78, 5) is 2.21. The molecule has 0 aliphatic carbocycles. The number of anilines is 2. The first-order valence-electron chi connectivity index (χ1n) is 7.25. The van der Waals surface area contributed by atoms with E-state index in [0.717, 1.165) is 42.2 Å². The summed E-state index contributed by atoms with van der Waals surface area (Å²) in [5, 5.41) is 9.11. The number of nitrogens with two attached hydrogens (primary N) is 1. The van der Waals surface area contributed by atoms with Crippen LogP contribution in [0.15, 0.2) is 48.5 Å². The van der Waals surface area contributed by atoms with Crippen LogP contribution in [0.1, 0.15) is 18.1 Å². The van der Waals surface area contributed by atoms with Crippen LogP contribution in [0.25, 0.3) is 0 Å². The molecule has 1 aliphatic rings. The lowest BCUT2D eigenvalue weighted by Gasteiger charge is -2.37. The molecule has 2 aromatic carbocycles. The van der Waals surface area contributed by atoms with Gasteiger partial charge in [-0.05, 0) is 24.1 Å². The highest BCUT2D eigenvalue weighted by molar-refractivity contribution is 5.75. The second-order valence-electron chi connectivity index (χ2n) is 5.23. The second-order valence-corrected chi connectivity index (χ2v) is 5.23. The summed E-state index contributed by atoms with van der Waals surface area (Å²) in [5.41, 5.74) is 8.92. The molecule has 1 heterocycles. The van der Waals surface area contributed by atoms with Crippen molar-refractivity contribution in [3.63, 3.8) is 0 Å². The molecule has 3 N–H and O–H groups in total. The van der Waals surface area contributed by atoms with Crippen molar-refractivity contribution < 1.29 is 9.84 Å². The predicted octanol–water partition coefficient (Wildman–Crippen LogP) is 2.59. The third-order valence-electron chi connectivity index (χ3n) is 3.76. The van der Waals surface area contributed by atoms with Gasteiger partial charge < -0.3 is 20.5 Å². The molecular weight excluding hydrogens is 264 g/mol. The second kappa shape index (κ2) is 6.06. The molecule has 1 atom stereocenters. The first-order valence-corrected chi connectivity index (χ1v) is 7.25. The topological polar surface area (TPSA) is 58.7 Å². The Morgan fingerprint density at radius 2 is 1.95 bits per heavy atom. The Balaban J connectivity index is 1.93. The van der Waals surface area contributed by atoms with Gasteiger partial charge in [0, 0.05) is 13.2 Å². The van der Waals surface area contributed by atoms with Crippen LogP contribution < -0.4 is 15.4 Å². The zero-order chi connectivity index (χ0) is 14.7. The van der Waals surface area contributed by atoms with Crippen molar-refractivity contribution in [1.82, 2.24) is 0 Å². The molecule has 4 nitrogen and oxygen atoms in total. The maximum atomic E-state index is 9.11. The summed E-state index contributed by atoms with van der Waals surface area (Å²) < 4.78 is 6.12. The molecule has 0 fully saturated rings. The molecule has 0 spiro atoms. The van der Waals surface area contributed by atoms with Gasteiger partial charge in [0.2, 0.25) is 0 Å². The van der Waals surface area contributed by atoms with Crippen LogP contribution in [0.2, 0.25) is 0 Å². The lowest BCUT2D eigenvalue weighted by molar-refractivity contribution is 0.195. The van der Waals surface area contributed by atoms with Gasteiger partial charge in [-0.2, -0.15) is 0 Å². The predicted molar refractivity (Wildman–Crippen MR) is 84.6 cm³/mol. The zero-order valence-corrected chi connectivity index (χ0v) is 11.9.